The van der Waals surface area contributed by atoms with Crippen molar-refractivity contribution in [2.24, 2.45) is 0 Å². The van der Waals surface area contributed by atoms with Gasteiger partial charge in [0.25, 0.3) is 0 Å². The van der Waals surface area contributed by atoms with Crippen molar-refractivity contribution in [3.8, 4) is 11.5 Å². The van der Waals surface area contributed by atoms with E-state index in [0.29, 0.717) is 34.5 Å². The van der Waals surface area contributed by atoms with Gasteiger partial charge >= 0.3 is 0 Å². The first-order chi connectivity index (χ1) is 12.0. The number of benzene rings is 2. The van der Waals surface area contributed by atoms with Gasteiger partial charge in [-0.3, -0.25) is 4.79 Å². The zero-order chi connectivity index (χ0) is 18.2. The summed E-state index contributed by atoms with van der Waals surface area (Å²) in [6.45, 7) is 0.483. The van der Waals surface area contributed by atoms with Crippen molar-refractivity contribution in [1.82, 2.24) is 5.32 Å². The fourth-order valence-corrected chi connectivity index (χ4v) is 2.74. The van der Waals surface area contributed by atoms with Gasteiger partial charge in [-0.05, 0) is 47.9 Å². The highest BCUT2D eigenvalue weighted by Gasteiger charge is 2.04. The highest BCUT2D eigenvalue weighted by atomic mass is 35.5. The number of carbonyl (C=O) groups is 1. The maximum Gasteiger partial charge on any atom is 0.244 e. The van der Waals surface area contributed by atoms with E-state index in [2.05, 4.69) is 5.32 Å². The topological polar surface area (TPSA) is 47.6 Å². The molecule has 0 bridgehead atoms. The van der Waals surface area contributed by atoms with Crippen molar-refractivity contribution in [1.29, 1.82) is 0 Å². The molecule has 2 aromatic rings. The molecular formula is C19H19Cl2NO3. The van der Waals surface area contributed by atoms with Crippen molar-refractivity contribution in [3.05, 3.63) is 63.6 Å². The van der Waals surface area contributed by atoms with Crippen LogP contribution in [-0.2, 0) is 11.2 Å². The fourth-order valence-electron chi connectivity index (χ4n) is 2.23. The third-order valence-electron chi connectivity index (χ3n) is 3.54. The lowest BCUT2D eigenvalue weighted by molar-refractivity contribution is -0.116. The van der Waals surface area contributed by atoms with Gasteiger partial charge in [0.1, 0.15) is 0 Å². The Morgan fingerprint density at radius 3 is 2.52 bits per heavy atom. The number of ether oxygens (including phenoxy) is 2. The average Bonchev–Trinajstić information content (AvgIpc) is 2.61. The number of hydrogen-bond donors (Lipinski definition) is 1. The van der Waals surface area contributed by atoms with Crippen LogP contribution in [-0.4, -0.2) is 26.7 Å². The Balaban J connectivity index is 1.88. The highest BCUT2D eigenvalue weighted by Crippen LogP contribution is 2.28. The molecule has 0 heterocycles. The Hall–Kier alpha value is -2.17. The SMILES string of the molecule is COc1ccc(/C=C/C(=O)NCCc2ccc(Cl)cc2Cl)cc1OC. The zero-order valence-corrected chi connectivity index (χ0v) is 15.5. The van der Waals surface area contributed by atoms with E-state index in [-0.39, 0.29) is 5.91 Å². The molecule has 0 aliphatic carbocycles. The van der Waals surface area contributed by atoms with Crippen LogP contribution in [0, 0.1) is 0 Å². The fraction of sp³-hybridized carbons (Fsp3) is 0.211. The minimum Gasteiger partial charge on any atom is -0.493 e. The summed E-state index contributed by atoms with van der Waals surface area (Å²) in [5.41, 5.74) is 1.78. The van der Waals surface area contributed by atoms with Gasteiger partial charge in [0.05, 0.1) is 14.2 Å². The van der Waals surface area contributed by atoms with E-state index in [0.717, 1.165) is 11.1 Å². The van der Waals surface area contributed by atoms with Crippen LogP contribution in [0.2, 0.25) is 10.0 Å². The van der Waals surface area contributed by atoms with Crippen LogP contribution in [0.3, 0.4) is 0 Å². The molecule has 1 amide bonds. The third-order valence-corrected chi connectivity index (χ3v) is 4.13. The molecule has 2 rings (SSSR count). The molecule has 25 heavy (non-hydrogen) atoms. The van der Waals surface area contributed by atoms with Gasteiger partial charge in [-0.1, -0.05) is 35.3 Å². The van der Waals surface area contributed by atoms with Gasteiger partial charge in [0.2, 0.25) is 5.91 Å². The normalized spacial score (nSPS) is 10.7. The van der Waals surface area contributed by atoms with Gasteiger partial charge in [-0.2, -0.15) is 0 Å². The van der Waals surface area contributed by atoms with E-state index in [4.69, 9.17) is 32.7 Å². The van der Waals surface area contributed by atoms with E-state index in [1.807, 2.05) is 12.1 Å². The molecule has 0 saturated heterocycles. The standard InChI is InChI=1S/C19H19Cl2NO3/c1-24-17-7-3-13(11-18(17)25-2)4-8-19(23)22-10-9-14-5-6-15(20)12-16(14)21/h3-8,11-12H,9-10H2,1-2H3,(H,22,23)/b8-4+. The number of rotatable bonds is 7. The van der Waals surface area contributed by atoms with Gasteiger partial charge < -0.3 is 14.8 Å². The van der Waals surface area contributed by atoms with Gasteiger partial charge in [0.15, 0.2) is 11.5 Å². The van der Waals surface area contributed by atoms with Crippen molar-refractivity contribution < 1.29 is 14.3 Å². The molecule has 0 aliphatic heterocycles. The predicted molar refractivity (Wildman–Crippen MR) is 102 cm³/mol. The van der Waals surface area contributed by atoms with E-state index < -0.39 is 0 Å². The van der Waals surface area contributed by atoms with Crippen LogP contribution in [0.4, 0.5) is 0 Å². The highest BCUT2D eigenvalue weighted by molar-refractivity contribution is 6.35. The van der Waals surface area contributed by atoms with E-state index in [1.165, 1.54) is 6.08 Å². The lowest BCUT2D eigenvalue weighted by Gasteiger charge is -2.07. The summed E-state index contributed by atoms with van der Waals surface area (Å²) in [4.78, 5) is 11.9. The predicted octanol–water partition coefficient (Wildman–Crippen LogP) is 4.38. The van der Waals surface area contributed by atoms with Crippen LogP contribution >= 0.6 is 23.2 Å². The summed E-state index contributed by atoms with van der Waals surface area (Å²) >= 11 is 12.0. The molecule has 1 N–H and O–H groups in total. The molecule has 4 nitrogen and oxygen atoms in total. The maximum absolute atomic E-state index is 11.9. The zero-order valence-electron chi connectivity index (χ0n) is 14.0. The van der Waals surface area contributed by atoms with Crippen LogP contribution in [0.25, 0.3) is 6.08 Å². The van der Waals surface area contributed by atoms with Gasteiger partial charge in [-0.15, -0.1) is 0 Å². The summed E-state index contributed by atoms with van der Waals surface area (Å²) in [6, 6.07) is 10.8. The summed E-state index contributed by atoms with van der Waals surface area (Å²) in [7, 11) is 3.15. The Labute approximate surface area is 157 Å². The van der Waals surface area contributed by atoms with Crippen molar-refractivity contribution in [3.63, 3.8) is 0 Å². The van der Waals surface area contributed by atoms with Crippen molar-refractivity contribution >= 4 is 35.2 Å². The lowest BCUT2D eigenvalue weighted by Crippen LogP contribution is -2.23. The number of amides is 1. The third kappa shape index (κ3) is 5.69. The van der Waals surface area contributed by atoms with Crippen LogP contribution < -0.4 is 14.8 Å². The number of halogens is 2. The molecule has 0 radical (unpaired) electrons. The van der Waals surface area contributed by atoms with Crippen LogP contribution in [0.5, 0.6) is 11.5 Å². The molecular weight excluding hydrogens is 361 g/mol. The first-order valence-electron chi connectivity index (χ1n) is 7.65. The summed E-state index contributed by atoms with van der Waals surface area (Å²) in [6.07, 6.45) is 3.82. The smallest absolute Gasteiger partial charge is 0.244 e. The summed E-state index contributed by atoms with van der Waals surface area (Å²) < 4.78 is 10.4. The number of hydrogen-bond acceptors (Lipinski definition) is 3. The molecule has 0 spiro atoms. The summed E-state index contributed by atoms with van der Waals surface area (Å²) in [5.74, 6) is 1.08. The van der Waals surface area contributed by atoms with Crippen molar-refractivity contribution in [2.45, 2.75) is 6.42 Å². The largest absolute Gasteiger partial charge is 0.493 e. The van der Waals surface area contributed by atoms with Gasteiger partial charge in [0, 0.05) is 22.7 Å². The second-order valence-corrected chi connectivity index (χ2v) is 6.07. The molecule has 0 aromatic heterocycles. The maximum atomic E-state index is 11.9. The molecule has 2 aromatic carbocycles. The Morgan fingerprint density at radius 2 is 1.84 bits per heavy atom. The summed E-state index contributed by atoms with van der Waals surface area (Å²) in [5, 5.41) is 4.01. The molecule has 0 atom stereocenters. The van der Waals surface area contributed by atoms with E-state index >= 15 is 0 Å². The second kappa shape index (κ2) is 9.35. The molecule has 132 valence electrons. The van der Waals surface area contributed by atoms with E-state index in [9.17, 15) is 4.79 Å². The number of carbonyl (C=O) groups excluding carboxylic acids is 1. The second-order valence-electron chi connectivity index (χ2n) is 5.22. The Bertz CT molecular complexity index is 775. The van der Waals surface area contributed by atoms with Crippen LogP contribution in [0.1, 0.15) is 11.1 Å². The Morgan fingerprint density at radius 1 is 1.08 bits per heavy atom. The van der Waals surface area contributed by atoms with Gasteiger partial charge in [-0.25, -0.2) is 0 Å². The molecule has 6 heteroatoms. The minimum absolute atomic E-state index is 0.181. The molecule has 0 unspecified atom stereocenters. The first kappa shape index (κ1) is 19.2. The molecule has 0 aliphatic rings. The molecule has 0 saturated carbocycles. The lowest BCUT2D eigenvalue weighted by atomic mass is 10.1. The van der Waals surface area contributed by atoms with E-state index in [1.54, 1.807) is 44.6 Å². The number of methoxy groups -OCH3 is 2. The monoisotopic (exact) mass is 379 g/mol. The first-order valence-corrected chi connectivity index (χ1v) is 8.41. The molecule has 0 fully saturated rings. The van der Waals surface area contributed by atoms with Crippen molar-refractivity contribution in [2.75, 3.05) is 20.8 Å². The quantitative estimate of drug-likeness (QED) is 0.725. The minimum atomic E-state index is -0.181. The average molecular weight is 380 g/mol. The van der Waals surface area contributed by atoms with Crippen LogP contribution in [0.15, 0.2) is 42.5 Å². The number of nitrogens with one attached hydrogen (secondary N) is 1. The Kier molecular flexibility index (Phi) is 7.16.